The van der Waals surface area contributed by atoms with Gasteiger partial charge in [0.15, 0.2) is 17.3 Å². The molecule has 3 aromatic rings. The zero-order chi connectivity index (χ0) is 19.6. The molecule has 0 aromatic carbocycles. The molecule has 1 N–H and O–H groups in total. The summed E-state index contributed by atoms with van der Waals surface area (Å²) in [6.07, 6.45) is 9.57. The Hall–Kier alpha value is -2.81. The molecule has 9 heteroatoms. The van der Waals surface area contributed by atoms with Crippen LogP contribution in [0.4, 0.5) is 0 Å². The van der Waals surface area contributed by atoms with Crippen LogP contribution in [0.3, 0.4) is 0 Å². The predicted octanol–water partition coefficient (Wildman–Crippen LogP) is 1.55. The zero-order valence-corrected chi connectivity index (χ0v) is 16.4. The van der Waals surface area contributed by atoms with Crippen LogP contribution in [0.25, 0.3) is 11.5 Å². The molecular formula is C20H26N8O. The molecule has 5 heterocycles. The number of amides is 1. The smallest absolute Gasteiger partial charge is 0.220 e. The van der Waals surface area contributed by atoms with Crippen LogP contribution in [0.2, 0.25) is 0 Å². The first-order valence-electron chi connectivity index (χ1n) is 10.5. The quantitative estimate of drug-likeness (QED) is 0.722. The molecule has 1 amide bonds. The minimum Gasteiger partial charge on any atom is -0.352 e. The Balaban J connectivity index is 1.26. The van der Waals surface area contributed by atoms with E-state index in [1.807, 2.05) is 28.9 Å². The summed E-state index contributed by atoms with van der Waals surface area (Å²) in [5.41, 5.74) is 0.763. The van der Waals surface area contributed by atoms with Gasteiger partial charge in [-0.05, 0) is 57.0 Å². The van der Waals surface area contributed by atoms with E-state index < -0.39 is 0 Å². The molecule has 0 spiro atoms. The fourth-order valence-corrected chi connectivity index (χ4v) is 4.45. The summed E-state index contributed by atoms with van der Waals surface area (Å²) in [5.74, 6) is 2.23. The summed E-state index contributed by atoms with van der Waals surface area (Å²) in [7, 11) is 0. The standard InChI is InChI=1S/C20H26N8O/c29-19-5-2-1-4-16(22-19)14-26-12-8-15(9-13-26)20-24-23-17-6-7-18(25-28(17)20)27-11-3-10-21-27/h3,6-7,10-11,15-16H,1-2,4-5,8-9,12-14H2,(H,22,29). The molecule has 3 aromatic heterocycles. The Morgan fingerprint density at radius 3 is 2.83 bits per heavy atom. The number of rotatable bonds is 4. The molecule has 2 fully saturated rings. The molecule has 1 atom stereocenters. The highest BCUT2D eigenvalue weighted by Crippen LogP contribution is 2.27. The first-order chi connectivity index (χ1) is 14.3. The van der Waals surface area contributed by atoms with Crippen LogP contribution in [0.15, 0.2) is 30.6 Å². The van der Waals surface area contributed by atoms with Crippen LogP contribution in [0, 0.1) is 0 Å². The third-order valence-corrected chi connectivity index (χ3v) is 6.01. The monoisotopic (exact) mass is 394 g/mol. The van der Waals surface area contributed by atoms with Crippen molar-refractivity contribution < 1.29 is 4.79 Å². The Bertz CT molecular complexity index is 974. The first kappa shape index (κ1) is 18.2. The molecule has 9 nitrogen and oxygen atoms in total. The Morgan fingerprint density at radius 2 is 2.00 bits per heavy atom. The topological polar surface area (TPSA) is 93.2 Å². The third kappa shape index (κ3) is 3.87. The average molecular weight is 394 g/mol. The lowest BCUT2D eigenvalue weighted by molar-refractivity contribution is -0.121. The molecular weight excluding hydrogens is 368 g/mol. The lowest BCUT2D eigenvalue weighted by Crippen LogP contribution is -2.45. The molecule has 1 unspecified atom stereocenters. The van der Waals surface area contributed by atoms with E-state index in [9.17, 15) is 4.79 Å². The zero-order valence-electron chi connectivity index (χ0n) is 16.4. The van der Waals surface area contributed by atoms with Gasteiger partial charge in [0, 0.05) is 37.3 Å². The van der Waals surface area contributed by atoms with E-state index in [2.05, 4.69) is 25.5 Å². The van der Waals surface area contributed by atoms with Crippen LogP contribution in [0.5, 0.6) is 0 Å². The minimum absolute atomic E-state index is 0.205. The van der Waals surface area contributed by atoms with Crippen LogP contribution in [0.1, 0.15) is 50.3 Å². The molecule has 2 aliphatic heterocycles. The van der Waals surface area contributed by atoms with Crippen molar-refractivity contribution in [3.63, 3.8) is 0 Å². The Morgan fingerprint density at radius 1 is 1.10 bits per heavy atom. The second kappa shape index (κ2) is 7.90. The predicted molar refractivity (Wildman–Crippen MR) is 107 cm³/mol. The second-order valence-corrected chi connectivity index (χ2v) is 8.06. The first-order valence-corrected chi connectivity index (χ1v) is 10.5. The molecule has 0 aliphatic carbocycles. The fourth-order valence-electron chi connectivity index (χ4n) is 4.45. The third-order valence-electron chi connectivity index (χ3n) is 6.01. The maximum absolute atomic E-state index is 11.8. The maximum atomic E-state index is 11.8. The summed E-state index contributed by atoms with van der Waals surface area (Å²) in [6.45, 7) is 2.95. The lowest BCUT2D eigenvalue weighted by atomic mass is 9.95. The van der Waals surface area contributed by atoms with Crippen molar-refractivity contribution in [3.8, 4) is 5.82 Å². The molecule has 5 rings (SSSR count). The average Bonchev–Trinajstić information content (AvgIpc) is 3.37. The van der Waals surface area contributed by atoms with Crippen LogP contribution in [-0.4, -0.2) is 66.1 Å². The van der Waals surface area contributed by atoms with E-state index in [1.165, 1.54) is 0 Å². The normalized spacial score (nSPS) is 21.9. The van der Waals surface area contributed by atoms with E-state index in [0.717, 1.165) is 69.0 Å². The molecule has 0 bridgehead atoms. The highest BCUT2D eigenvalue weighted by molar-refractivity contribution is 5.76. The van der Waals surface area contributed by atoms with E-state index in [4.69, 9.17) is 5.10 Å². The fraction of sp³-hybridized carbons (Fsp3) is 0.550. The number of aromatic nitrogens is 6. The Labute approximate surface area is 169 Å². The van der Waals surface area contributed by atoms with Crippen molar-refractivity contribution in [1.29, 1.82) is 0 Å². The Kier molecular flexibility index (Phi) is 4.97. The van der Waals surface area contributed by atoms with Crippen LogP contribution < -0.4 is 5.32 Å². The van der Waals surface area contributed by atoms with Gasteiger partial charge < -0.3 is 10.2 Å². The lowest BCUT2D eigenvalue weighted by Gasteiger charge is -2.33. The molecule has 29 heavy (non-hydrogen) atoms. The van der Waals surface area contributed by atoms with Gasteiger partial charge in [0.05, 0.1) is 0 Å². The van der Waals surface area contributed by atoms with Crippen molar-refractivity contribution in [1.82, 2.24) is 39.8 Å². The number of carbonyl (C=O) groups excluding carboxylic acids is 1. The molecule has 152 valence electrons. The van der Waals surface area contributed by atoms with Gasteiger partial charge in [0.1, 0.15) is 0 Å². The van der Waals surface area contributed by atoms with Gasteiger partial charge in [-0.3, -0.25) is 4.79 Å². The maximum Gasteiger partial charge on any atom is 0.220 e. The SMILES string of the molecule is O=C1CCCCC(CN2CCC(c3nnc4ccc(-n5cccn5)nn34)CC2)N1. The summed E-state index contributed by atoms with van der Waals surface area (Å²) in [5, 5.41) is 20.9. The highest BCUT2D eigenvalue weighted by atomic mass is 16.1. The van der Waals surface area contributed by atoms with Gasteiger partial charge in [0.2, 0.25) is 5.91 Å². The van der Waals surface area contributed by atoms with Gasteiger partial charge in [-0.15, -0.1) is 15.3 Å². The number of carbonyl (C=O) groups is 1. The van der Waals surface area contributed by atoms with E-state index in [1.54, 1.807) is 10.9 Å². The van der Waals surface area contributed by atoms with Gasteiger partial charge in [-0.1, -0.05) is 6.42 Å². The van der Waals surface area contributed by atoms with Gasteiger partial charge in [-0.25, -0.2) is 4.68 Å². The van der Waals surface area contributed by atoms with Crippen molar-refractivity contribution in [2.45, 2.75) is 50.5 Å². The minimum atomic E-state index is 0.205. The molecule has 2 aliphatic rings. The highest BCUT2D eigenvalue weighted by Gasteiger charge is 2.27. The van der Waals surface area contributed by atoms with Crippen molar-refractivity contribution in [2.75, 3.05) is 19.6 Å². The van der Waals surface area contributed by atoms with E-state index >= 15 is 0 Å². The number of likely N-dealkylation sites (tertiary alicyclic amines) is 1. The second-order valence-electron chi connectivity index (χ2n) is 8.06. The number of hydrogen-bond donors (Lipinski definition) is 1. The number of nitrogens with zero attached hydrogens (tertiary/aromatic N) is 7. The summed E-state index contributed by atoms with van der Waals surface area (Å²) < 4.78 is 3.61. The van der Waals surface area contributed by atoms with E-state index in [0.29, 0.717) is 12.3 Å². The van der Waals surface area contributed by atoms with Crippen LogP contribution in [-0.2, 0) is 4.79 Å². The largest absolute Gasteiger partial charge is 0.352 e. The van der Waals surface area contributed by atoms with Crippen molar-refractivity contribution in [3.05, 3.63) is 36.4 Å². The number of nitrogens with one attached hydrogen (secondary N) is 1. The number of piperidine rings is 1. The van der Waals surface area contributed by atoms with Crippen molar-refractivity contribution in [2.24, 2.45) is 0 Å². The van der Waals surface area contributed by atoms with E-state index in [-0.39, 0.29) is 11.9 Å². The number of fused-ring (bicyclic) bond motifs is 1. The summed E-state index contributed by atoms with van der Waals surface area (Å²) in [6, 6.07) is 6.01. The van der Waals surface area contributed by atoms with Crippen molar-refractivity contribution >= 4 is 11.6 Å². The van der Waals surface area contributed by atoms with Crippen LogP contribution >= 0.6 is 0 Å². The molecule has 0 radical (unpaired) electrons. The molecule has 0 saturated carbocycles. The van der Waals surface area contributed by atoms with Gasteiger partial charge >= 0.3 is 0 Å². The number of hydrogen-bond acceptors (Lipinski definition) is 6. The summed E-state index contributed by atoms with van der Waals surface area (Å²) >= 11 is 0. The van der Waals surface area contributed by atoms with Gasteiger partial charge in [-0.2, -0.15) is 9.61 Å². The summed E-state index contributed by atoms with van der Waals surface area (Å²) in [4.78, 5) is 14.3. The van der Waals surface area contributed by atoms with Gasteiger partial charge in [0.25, 0.3) is 0 Å². The molecule has 2 saturated heterocycles.